The van der Waals surface area contributed by atoms with Crippen molar-refractivity contribution >= 4 is 11.3 Å². The number of aliphatic hydroxyl groups is 1. The molecule has 2 nitrogen and oxygen atoms in total. The molecule has 0 aliphatic heterocycles. The van der Waals surface area contributed by atoms with Crippen LogP contribution in [0.15, 0.2) is 41.8 Å². The van der Waals surface area contributed by atoms with Crippen LogP contribution in [0.1, 0.15) is 23.5 Å². The van der Waals surface area contributed by atoms with Crippen LogP contribution >= 0.6 is 11.3 Å². The zero-order valence-corrected chi connectivity index (χ0v) is 10.6. The maximum absolute atomic E-state index is 9.61. The zero-order valence-electron chi connectivity index (χ0n) is 9.80. The van der Waals surface area contributed by atoms with Crippen LogP contribution in [0.4, 0.5) is 0 Å². The highest BCUT2D eigenvalue weighted by atomic mass is 32.1. The largest absolute Gasteiger partial charge is 0.493 e. The van der Waals surface area contributed by atoms with E-state index in [4.69, 9.17) is 4.74 Å². The van der Waals surface area contributed by atoms with Crippen molar-refractivity contribution in [3.05, 3.63) is 52.2 Å². The fourth-order valence-corrected chi connectivity index (χ4v) is 2.36. The minimum atomic E-state index is -0.493. The number of hydrogen-bond donors (Lipinski definition) is 1. The first-order chi connectivity index (χ1) is 8.27. The van der Waals surface area contributed by atoms with E-state index in [0.29, 0.717) is 6.61 Å². The number of ether oxygens (including phenoxy) is 1. The standard InChI is InChI=1S/C14H16O2S/c1-11(15)13-6-2-3-7-14(13)16-9-8-12-5-4-10-17-12/h2-7,10-11,15H,8-9H2,1H3. The van der Waals surface area contributed by atoms with Gasteiger partial charge in [-0.25, -0.2) is 0 Å². The lowest BCUT2D eigenvalue weighted by Crippen LogP contribution is -2.03. The summed E-state index contributed by atoms with van der Waals surface area (Å²) in [6, 6.07) is 11.8. The van der Waals surface area contributed by atoms with Crippen LogP contribution in [0.2, 0.25) is 0 Å². The molecular formula is C14H16O2S. The van der Waals surface area contributed by atoms with Crippen molar-refractivity contribution in [1.82, 2.24) is 0 Å². The van der Waals surface area contributed by atoms with Gasteiger partial charge in [0.2, 0.25) is 0 Å². The minimum Gasteiger partial charge on any atom is -0.493 e. The molecule has 0 bridgehead atoms. The molecule has 1 aromatic heterocycles. The van der Waals surface area contributed by atoms with Crippen molar-refractivity contribution in [2.75, 3.05) is 6.61 Å². The number of thiophene rings is 1. The van der Waals surface area contributed by atoms with Gasteiger partial charge in [0.05, 0.1) is 12.7 Å². The van der Waals surface area contributed by atoms with Crippen LogP contribution in [0.25, 0.3) is 0 Å². The van der Waals surface area contributed by atoms with Crippen LogP contribution in [-0.2, 0) is 6.42 Å². The van der Waals surface area contributed by atoms with Crippen LogP contribution in [0.5, 0.6) is 5.75 Å². The van der Waals surface area contributed by atoms with Gasteiger partial charge in [-0.15, -0.1) is 11.3 Å². The smallest absolute Gasteiger partial charge is 0.125 e. The van der Waals surface area contributed by atoms with Crippen LogP contribution in [-0.4, -0.2) is 11.7 Å². The van der Waals surface area contributed by atoms with E-state index in [9.17, 15) is 5.11 Å². The van der Waals surface area contributed by atoms with Gasteiger partial charge in [-0.1, -0.05) is 24.3 Å². The van der Waals surface area contributed by atoms with Crippen molar-refractivity contribution in [2.45, 2.75) is 19.4 Å². The summed E-state index contributed by atoms with van der Waals surface area (Å²) in [5.74, 6) is 0.777. The first-order valence-electron chi connectivity index (χ1n) is 5.69. The summed E-state index contributed by atoms with van der Waals surface area (Å²) in [4.78, 5) is 1.32. The molecule has 1 heterocycles. The number of hydrogen-bond acceptors (Lipinski definition) is 3. The Bertz CT molecular complexity index is 449. The van der Waals surface area contributed by atoms with Crippen LogP contribution in [0.3, 0.4) is 0 Å². The van der Waals surface area contributed by atoms with Gasteiger partial charge in [0.25, 0.3) is 0 Å². The topological polar surface area (TPSA) is 29.5 Å². The van der Waals surface area contributed by atoms with E-state index in [1.54, 1.807) is 18.3 Å². The molecule has 2 aromatic rings. The first kappa shape index (κ1) is 12.1. The second-order valence-corrected chi connectivity index (χ2v) is 4.92. The Morgan fingerprint density at radius 1 is 1.24 bits per heavy atom. The highest BCUT2D eigenvalue weighted by molar-refractivity contribution is 7.09. The normalized spacial score (nSPS) is 12.4. The van der Waals surface area contributed by atoms with Crippen LogP contribution < -0.4 is 4.74 Å². The van der Waals surface area contributed by atoms with E-state index in [2.05, 4.69) is 11.4 Å². The molecule has 1 unspecified atom stereocenters. The molecule has 1 aromatic carbocycles. The van der Waals surface area contributed by atoms with Gasteiger partial charge in [-0.2, -0.15) is 0 Å². The number of benzene rings is 1. The van der Waals surface area contributed by atoms with E-state index in [0.717, 1.165) is 17.7 Å². The minimum absolute atomic E-state index is 0.493. The number of rotatable bonds is 5. The van der Waals surface area contributed by atoms with Gasteiger partial charge >= 0.3 is 0 Å². The fourth-order valence-electron chi connectivity index (χ4n) is 1.67. The second-order valence-electron chi connectivity index (χ2n) is 3.89. The average molecular weight is 248 g/mol. The van der Waals surface area contributed by atoms with Crippen molar-refractivity contribution < 1.29 is 9.84 Å². The highest BCUT2D eigenvalue weighted by Gasteiger charge is 2.07. The Morgan fingerprint density at radius 2 is 2.06 bits per heavy atom. The maximum atomic E-state index is 9.61. The van der Waals surface area contributed by atoms with Crippen LogP contribution in [0, 0.1) is 0 Å². The zero-order chi connectivity index (χ0) is 12.1. The van der Waals surface area contributed by atoms with Gasteiger partial charge in [-0.05, 0) is 24.4 Å². The molecule has 0 spiro atoms. The summed E-state index contributed by atoms with van der Waals surface area (Å²) < 4.78 is 5.72. The maximum Gasteiger partial charge on any atom is 0.125 e. The van der Waals surface area contributed by atoms with Crippen molar-refractivity contribution in [3.8, 4) is 5.75 Å². The van der Waals surface area contributed by atoms with Gasteiger partial charge in [0.15, 0.2) is 0 Å². The number of para-hydroxylation sites is 1. The average Bonchev–Trinajstić information content (AvgIpc) is 2.82. The predicted molar refractivity (Wildman–Crippen MR) is 70.6 cm³/mol. The summed E-state index contributed by atoms with van der Waals surface area (Å²) in [5, 5.41) is 11.7. The third kappa shape index (κ3) is 3.32. The molecule has 0 aliphatic rings. The molecule has 1 atom stereocenters. The summed E-state index contributed by atoms with van der Waals surface area (Å²) in [5.41, 5.74) is 0.846. The highest BCUT2D eigenvalue weighted by Crippen LogP contribution is 2.24. The Morgan fingerprint density at radius 3 is 2.76 bits per heavy atom. The van der Waals surface area contributed by atoms with Gasteiger partial charge < -0.3 is 9.84 Å². The molecule has 0 saturated heterocycles. The molecule has 0 fully saturated rings. The fraction of sp³-hybridized carbons (Fsp3) is 0.286. The molecule has 0 radical (unpaired) electrons. The lowest BCUT2D eigenvalue weighted by atomic mass is 10.1. The lowest BCUT2D eigenvalue weighted by molar-refractivity contribution is 0.191. The second kappa shape index (κ2) is 5.84. The van der Waals surface area contributed by atoms with E-state index in [1.165, 1.54) is 4.88 Å². The molecule has 2 rings (SSSR count). The Labute approximate surface area is 105 Å². The van der Waals surface area contributed by atoms with Gasteiger partial charge in [0.1, 0.15) is 5.75 Å². The molecular weight excluding hydrogens is 232 g/mol. The summed E-state index contributed by atoms with van der Waals surface area (Å²) in [6.45, 7) is 2.39. The molecule has 17 heavy (non-hydrogen) atoms. The van der Waals surface area contributed by atoms with Gasteiger partial charge in [-0.3, -0.25) is 0 Å². The van der Waals surface area contributed by atoms with Gasteiger partial charge in [0, 0.05) is 16.9 Å². The third-order valence-electron chi connectivity index (χ3n) is 2.56. The molecule has 0 aliphatic carbocycles. The quantitative estimate of drug-likeness (QED) is 0.878. The van der Waals surface area contributed by atoms with Crippen molar-refractivity contribution in [1.29, 1.82) is 0 Å². The Hall–Kier alpha value is -1.32. The monoisotopic (exact) mass is 248 g/mol. The van der Waals surface area contributed by atoms with E-state index >= 15 is 0 Å². The van der Waals surface area contributed by atoms with E-state index < -0.39 is 6.10 Å². The lowest BCUT2D eigenvalue weighted by Gasteiger charge is -2.12. The first-order valence-corrected chi connectivity index (χ1v) is 6.57. The molecule has 0 saturated carbocycles. The summed E-state index contributed by atoms with van der Waals surface area (Å²) in [6.07, 6.45) is 0.416. The molecule has 1 N–H and O–H groups in total. The van der Waals surface area contributed by atoms with Crippen molar-refractivity contribution in [3.63, 3.8) is 0 Å². The SMILES string of the molecule is CC(O)c1ccccc1OCCc1cccs1. The summed E-state index contributed by atoms with van der Waals surface area (Å²) >= 11 is 1.74. The Balaban J connectivity index is 1.94. The Kier molecular flexibility index (Phi) is 4.18. The summed E-state index contributed by atoms with van der Waals surface area (Å²) in [7, 11) is 0. The molecule has 0 amide bonds. The number of aliphatic hydroxyl groups excluding tert-OH is 1. The molecule has 3 heteroatoms. The predicted octanol–water partition coefficient (Wildman–Crippen LogP) is 3.42. The van der Waals surface area contributed by atoms with Crippen molar-refractivity contribution in [2.24, 2.45) is 0 Å². The molecule has 90 valence electrons. The van der Waals surface area contributed by atoms with E-state index in [1.807, 2.05) is 30.3 Å². The third-order valence-corrected chi connectivity index (χ3v) is 3.49. The van der Waals surface area contributed by atoms with E-state index in [-0.39, 0.29) is 0 Å².